The minimum absolute atomic E-state index is 0.212. The van der Waals surface area contributed by atoms with Crippen LogP contribution in [0, 0.1) is 0 Å². The number of fused-ring (bicyclic) bond motifs is 4. The molecule has 174 valence electrons. The summed E-state index contributed by atoms with van der Waals surface area (Å²) in [5, 5.41) is 4.89. The first-order chi connectivity index (χ1) is 16.9. The quantitative estimate of drug-likeness (QED) is 0.474. The Bertz CT molecular complexity index is 1470. The van der Waals surface area contributed by atoms with Gasteiger partial charge in [0.05, 0.1) is 17.1 Å². The zero-order chi connectivity index (χ0) is 24.5. The number of rotatable bonds is 4. The van der Waals surface area contributed by atoms with Crippen molar-refractivity contribution >= 4 is 34.3 Å². The molecule has 2 heterocycles. The maximum absolute atomic E-state index is 13.4. The molecule has 2 N–H and O–H groups in total. The lowest BCUT2D eigenvalue weighted by Crippen LogP contribution is -2.54. The Kier molecular flexibility index (Phi) is 5.74. The van der Waals surface area contributed by atoms with E-state index in [0.29, 0.717) is 11.2 Å². The van der Waals surface area contributed by atoms with Gasteiger partial charge in [0.25, 0.3) is 17.7 Å². The van der Waals surface area contributed by atoms with Crippen LogP contribution in [0.2, 0.25) is 0 Å². The second-order valence-corrected chi connectivity index (χ2v) is 8.56. The Morgan fingerprint density at radius 3 is 2.40 bits per heavy atom. The Balaban J connectivity index is 1.37. The van der Waals surface area contributed by atoms with Gasteiger partial charge in [-0.15, -0.1) is 0 Å². The summed E-state index contributed by atoms with van der Waals surface area (Å²) < 4.78 is 0. The van der Waals surface area contributed by atoms with E-state index in [1.807, 2.05) is 79.7 Å². The molecular weight excluding hydrogens is 440 g/mol. The zero-order valence-corrected chi connectivity index (χ0v) is 19.4. The Morgan fingerprint density at radius 2 is 1.57 bits per heavy atom. The molecule has 5 rings (SSSR count). The standard InChI is InChI=1S/C28H24N4O3/c1-17-20-10-4-5-11-21(20)22-12-6-8-14-25(22)32(28(17)35)31-26(33)18(2)29-27(34)24-16-15-19-9-3-7-13-23(19)30-24/h3-18H,1-2H3,(H,29,34)(H,31,33)/t17?,18-/m0/s1. The highest BCUT2D eigenvalue weighted by Crippen LogP contribution is 2.39. The highest BCUT2D eigenvalue weighted by molar-refractivity contribution is 6.07. The highest BCUT2D eigenvalue weighted by atomic mass is 16.2. The number of nitrogens with one attached hydrogen (secondary N) is 2. The van der Waals surface area contributed by atoms with Crippen LogP contribution in [-0.2, 0) is 9.59 Å². The monoisotopic (exact) mass is 464 g/mol. The van der Waals surface area contributed by atoms with Gasteiger partial charge in [-0.05, 0) is 43.2 Å². The molecule has 0 spiro atoms. The molecule has 1 aliphatic rings. The number of hydrazine groups is 1. The van der Waals surface area contributed by atoms with Crippen molar-refractivity contribution in [3.8, 4) is 11.1 Å². The van der Waals surface area contributed by atoms with Crippen molar-refractivity contribution in [3.05, 3.63) is 96.2 Å². The summed E-state index contributed by atoms with van der Waals surface area (Å²) in [5.74, 6) is -1.71. The molecule has 1 aromatic heterocycles. The van der Waals surface area contributed by atoms with Crippen molar-refractivity contribution < 1.29 is 14.4 Å². The highest BCUT2D eigenvalue weighted by Gasteiger charge is 2.33. The van der Waals surface area contributed by atoms with Crippen molar-refractivity contribution in [1.82, 2.24) is 15.7 Å². The van der Waals surface area contributed by atoms with E-state index in [-0.39, 0.29) is 11.6 Å². The Morgan fingerprint density at radius 1 is 0.886 bits per heavy atom. The second-order valence-electron chi connectivity index (χ2n) is 8.56. The van der Waals surface area contributed by atoms with Crippen LogP contribution in [-0.4, -0.2) is 28.7 Å². The number of anilines is 1. The van der Waals surface area contributed by atoms with Crippen molar-refractivity contribution in [2.75, 3.05) is 5.01 Å². The van der Waals surface area contributed by atoms with Crippen LogP contribution in [0.15, 0.2) is 84.9 Å². The Labute approximate surface area is 202 Å². The van der Waals surface area contributed by atoms with Crippen LogP contribution in [0.4, 0.5) is 5.69 Å². The topological polar surface area (TPSA) is 91.4 Å². The first kappa shape index (κ1) is 22.3. The lowest BCUT2D eigenvalue weighted by molar-refractivity contribution is -0.127. The third-order valence-corrected chi connectivity index (χ3v) is 6.25. The van der Waals surface area contributed by atoms with Crippen LogP contribution in [0.1, 0.15) is 35.8 Å². The number of pyridine rings is 1. The first-order valence-corrected chi connectivity index (χ1v) is 11.4. The van der Waals surface area contributed by atoms with E-state index in [1.54, 1.807) is 19.1 Å². The normalized spacial score (nSPS) is 15.5. The molecule has 0 bridgehead atoms. The van der Waals surface area contributed by atoms with Gasteiger partial charge in [0.1, 0.15) is 11.7 Å². The number of hydrogen-bond acceptors (Lipinski definition) is 4. The van der Waals surface area contributed by atoms with E-state index in [2.05, 4.69) is 15.7 Å². The minimum atomic E-state index is -0.906. The van der Waals surface area contributed by atoms with Gasteiger partial charge in [0, 0.05) is 10.9 Å². The third kappa shape index (κ3) is 4.12. The summed E-state index contributed by atoms with van der Waals surface area (Å²) in [6, 6.07) is 25.2. The molecule has 7 nitrogen and oxygen atoms in total. The first-order valence-electron chi connectivity index (χ1n) is 11.4. The van der Waals surface area contributed by atoms with Gasteiger partial charge in [-0.2, -0.15) is 0 Å². The number of benzene rings is 3. The molecule has 2 atom stereocenters. The van der Waals surface area contributed by atoms with Gasteiger partial charge in [0.2, 0.25) is 0 Å². The number of carbonyl (C=O) groups excluding carboxylic acids is 3. The van der Waals surface area contributed by atoms with Gasteiger partial charge in [-0.1, -0.05) is 66.7 Å². The van der Waals surface area contributed by atoms with Crippen molar-refractivity contribution in [2.24, 2.45) is 0 Å². The average molecular weight is 465 g/mol. The van der Waals surface area contributed by atoms with E-state index < -0.39 is 23.8 Å². The van der Waals surface area contributed by atoms with E-state index in [0.717, 1.165) is 22.1 Å². The van der Waals surface area contributed by atoms with Crippen molar-refractivity contribution in [1.29, 1.82) is 0 Å². The SMILES string of the molecule is CC1C(=O)N(NC(=O)[C@H](C)NC(=O)c2ccc3ccccc3n2)c2ccccc2-c2ccccc21. The van der Waals surface area contributed by atoms with Gasteiger partial charge in [-0.25, -0.2) is 9.99 Å². The molecule has 0 saturated carbocycles. The van der Waals surface area contributed by atoms with E-state index in [4.69, 9.17) is 0 Å². The van der Waals surface area contributed by atoms with Crippen LogP contribution in [0.3, 0.4) is 0 Å². The smallest absolute Gasteiger partial charge is 0.270 e. The molecule has 0 fully saturated rings. The molecule has 3 aromatic carbocycles. The molecule has 35 heavy (non-hydrogen) atoms. The van der Waals surface area contributed by atoms with Gasteiger partial charge >= 0.3 is 0 Å². The number of nitrogens with zero attached hydrogens (tertiary/aromatic N) is 2. The second kappa shape index (κ2) is 9.02. The fraction of sp³-hybridized carbons (Fsp3) is 0.143. The molecule has 0 saturated heterocycles. The summed E-state index contributed by atoms with van der Waals surface area (Å²) in [5.41, 5.74) is 6.90. The number of carbonyl (C=O) groups is 3. The van der Waals surface area contributed by atoms with E-state index >= 15 is 0 Å². The molecule has 0 aliphatic carbocycles. The summed E-state index contributed by atoms with van der Waals surface area (Å²) in [4.78, 5) is 43.7. The molecule has 7 heteroatoms. The lowest BCUT2D eigenvalue weighted by atomic mass is 9.92. The Hall–Kier alpha value is -4.52. The minimum Gasteiger partial charge on any atom is -0.339 e. The number of amides is 3. The molecule has 1 unspecified atom stereocenters. The van der Waals surface area contributed by atoms with Crippen LogP contribution < -0.4 is 15.8 Å². The maximum atomic E-state index is 13.4. The number of hydrogen-bond donors (Lipinski definition) is 2. The van der Waals surface area contributed by atoms with Gasteiger partial charge in [-0.3, -0.25) is 19.8 Å². The predicted molar refractivity (Wildman–Crippen MR) is 135 cm³/mol. The molecule has 3 amide bonds. The molecule has 1 aliphatic heterocycles. The third-order valence-electron chi connectivity index (χ3n) is 6.25. The number of aromatic nitrogens is 1. The summed E-state index contributed by atoms with van der Waals surface area (Å²) in [6.07, 6.45) is 0. The molecule has 4 aromatic rings. The summed E-state index contributed by atoms with van der Waals surface area (Å²) in [7, 11) is 0. The van der Waals surface area contributed by atoms with Crippen LogP contribution >= 0.6 is 0 Å². The summed E-state index contributed by atoms with van der Waals surface area (Å²) >= 11 is 0. The van der Waals surface area contributed by atoms with Gasteiger partial charge < -0.3 is 5.32 Å². The predicted octanol–water partition coefficient (Wildman–Crippen LogP) is 4.20. The summed E-state index contributed by atoms with van der Waals surface area (Å²) in [6.45, 7) is 3.39. The van der Waals surface area contributed by atoms with Gasteiger partial charge in [0.15, 0.2) is 0 Å². The molecule has 0 radical (unpaired) electrons. The maximum Gasteiger partial charge on any atom is 0.270 e. The number of para-hydroxylation sites is 2. The lowest BCUT2D eigenvalue weighted by Gasteiger charge is -2.27. The van der Waals surface area contributed by atoms with E-state index in [9.17, 15) is 14.4 Å². The zero-order valence-electron chi connectivity index (χ0n) is 19.4. The fourth-order valence-corrected chi connectivity index (χ4v) is 4.31. The van der Waals surface area contributed by atoms with Crippen molar-refractivity contribution in [2.45, 2.75) is 25.8 Å². The van der Waals surface area contributed by atoms with Crippen molar-refractivity contribution in [3.63, 3.8) is 0 Å². The fourth-order valence-electron chi connectivity index (χ4n) is 4.31. The molecular formula is C28H24N4O3. The van der Waals surface area contributed by atoms with Crippen LogP contribution in [0.25, 0.3) is 22.0 Å². The van der Waals surface area contributed by atoms with E-state index in [1.165, 1.54) is 5.01 Å². The largest absolute Gasteiger partial charge is 0.339 e. The van der Waals surface area contributed by atoms with Crippen LogP contribution in [0.5, 0.6) is 0 Å². The average Bonchev–Trinajstić information content (AvgIpc) is 2.98.